The summed E-state index contributed by atoms with van der Waals surface area (Å²) in [7, 11) is -3.27. The van der Waals surface area contributed by atoms with Crippen LogP contribution in [0.3, 0.4) is 0 Å². The number of fused-ring (bicyclic) bond motifs is 3. The van der Waals surface area contributed by atoms with Crippen LogP contribution in [0, 0.1) is 0 Å². The van der Waals surface area contributed by atoms with Crippen molar-refractivity contribution in [3.8, 4) is 0 Å². The molecule has 3 rings (SSSR count). The van der Waals surface area contributed by atoms with Crippen LogP contribution in [0.25, 0.3) is 21.3 Å². The average molecular weight is 279 g/mol. The fourth-order valence-corrected chi connectivity index (χ4v) is 3.97. The van der Waals surface area contributed by atoms with Gasteiger partial charge in [0, 0.05) is 12.4 Å². The van der Waals surface area contributed by atoms with Crippen molar-refractivity contribution in [2.75, 3.05) is 5.75 Å². The summed E-state index contributed by atoms with van der Waals surface area (Å²) in [4.78, 5) is 12.6. The molecule has 0 radical (unpaired) electrons. The molecule has 0 saturated carbocycles. The summed E-state index contributed by atoms with van der Waals surface area (Å²) in [6.45, 7) is 1.61. The number of rotatable bonds is 2. The number of hydrogen-bond acceptors (Lipinski definition) is 6. The van der Waals surface area contributed by atoms with Crippen LogP contribution in [0.15, 0.2) is 28.9 Å². The van der Waals surface area contributed by atoms with E-state index < -0.39 is 9.84 Å². The van der Waals surface area contributed by atoms with E-state index in [1.165, 1.54) is 11.3 Å². The highest BCUT2D eigenvalue weighted by Gasteiger charge is 2.18. The monoisotopic (exact) mass is 279 g/mol. The zero-order valence-corrected chi connectivity index (χ0v) is 11.1. The molecular formula is C11H9N3O2S2. The molecule has 2 heterocycles. The summed E-state index contributed by atoms with van der Waals surface area (Å²) in [5, 5.41) is 0. The largest absolute Gasteiger partial charge is 0.253 e. The number of aromatic nitrogens is 3. The fourth-order valence-electron chi connectivity index (χ4n) is 1.66. The molecule has 0 aliphatic heterocycles. The normalized spacial score (nSPS) is 12.3. The Kier molecular flexibility index (Phi) is 2.53. The Bertz CT molecular complexity index is 840. The van der Waals surface area contributed by atoms with Crippen molar-refractivity contribution >= 4 is 42.4 Å². The van der Waals surface area contributed by atoms with Gasteiger partial charge in [-0.3, -0.25) is 9.97 Å². The van der Waals surface area contributed by atoms with E-state index in [0.717, 1.165) is 10.2 Å². The highest BCUT2D eigenvalue weighted by atomic mass is 32.2. The Hall–Kier alpha value is -1.60. The molecular weight excluding hydrogens is 270 g/mol. The Morgan fingerprint density at radius 1 is 1.17 bits per heavy atom. The van der Waals surface area contributed by atoms with E-state index in [2.05, 4.69) is 15.0 Å². The van der Waals surface area contributed by atoms with Crippen LogP contribution >= 0.6 is 11.3 Å². The smallest absolute Gasteiger partial charge is 0.210 e. The number of benzene rings is 1. The molecule has 5 nitrogen and oxygen atoms in total. The van der Waals surface area contributed by atoms with E-state index in [0.29, 0.717) is 11.0 Å². The molecule has 0 aliphatic carbocycles. The summed E-state index contributed by atoms with van der Waals surface area (Å²) in [6.07, 6.45) is 3.18. The zero-order valence-electron chi connectivity index (χ0n) is 9.49. The molecule has 18 heavy (non-hydrogen) atoms. The lowest BCUT2D eigenvalue weighted by molar-refractivity contribution is 0.597. The van der Waals surface area contributed by atoms with Crippen molar-refractivity contribution in [1.29, 1.82) is 0 Å². The van der Waals surface area contributed by atoms with Gasteiger partial charge < -0.3 is 0 Å². The summed E-state index contributed by atoms with van der Waals surface area (Å²) in [5.41, 5.74) is 1.97. The molecule has 0 unspecified atom stereocenters. The second-order valence-electron chi connectivity index (χ2n) is 3.72. The average Bonchev–Trinajstić information content (AvgIpc) is 2.84. The van der Waals surface area contributed by atoms with Gasteiger partial charge in [-0.2, -0.15) is 0 Å². The molecule has 0 saturated heterocycles. The van der Waals surface area contributed by atoms with E-state index in [-0.39, 0.29) is 10.1 Å². The first kappa shape index (κ1) is 11.5. The first-order valence-electron chi connectivity index (χ1n) is 5.35. The third-order valence-electron chi connectivity index (χ3n) is 2.62. The molecule has 0 bridgehead atoms. The van der Waals surface area contributed by atoms with Crippen LogP contribution in [0.1, 0.15) is 6.92 Å². The van der Waals surface area contributed by atoms with E-state index in [1.807, 2.05) is 12.1 Å². The standard InChI is InChI=1S/C11H9N3O2S2/c1-2-18(15,16)11-14-10-8(17-11)4-3-7-9(10)13-6-5-12-7/h3-6H,2H2,1H3. The fraction of sp³-hybridized carbons (Fsp3) is 0.182. The molecule has 0 aliphatic rings. The highest BCUT2D eigenvalue weighted by molar-refractivity contribution is 7.93. The predicted molar refractivity (Wildman–Crippen MR) is 70.4 cm³/mol. The predicted octanol–water partition coefficient (Wildman–Crippen LogP) is 2.03. The minimum Gasteiger partial charge on any atom is -0.253 e. The third-order valence-corrected chi connectivity index (χ3v) is 5.83. The first-order valence-corrected chi connectivity index (χ1v) is 7.82. The molecule has 0 N–H and O–H groups in total. The molecule has 92 valence electrons. The maximum Gasteiger partial charge on any atom is 0.210 e. The topological polar surface area (TPSA) is 72.8 Å². The van der Waals surface area contributed by atoms with Gasteiger partial charge >= 0.3 is 0 Å². The van der Waals surface area contributed by atoms with Gasteiger partial charge in [0.15, 0.2) is 0 Å². The number of hydrogen-bond donors (Lipinski definition) is 0. The van der Waals surface area contributed by atoms with Crippen LogP contribution in [-0.2, 0) is 9.84 Å². The Morgan fingerprint density at radius 2 is 1.94 bits per heavy atom. The van der Waals surface area contributed by atoms with Crippen molar-refractivity contribution in [2.24, 2.45) is 0 Å². The van der Waals surface area contributed by atoms with Crippen LogP contribution in [0.2, 0.25) is 0 Å². The summed E-state index contributed by atoms with van der Waals surface area (Å²) in [6, 6.07) is 3.66. The first-order chi connectivity index (χ1) is 8.62. The number of thiazole rings is 1. The second-order valence-corrected chi connectivity index (χ2v) is 7.20. The zero-order chi connectivity index (χ0) is 12.8. The Balaban J connectivity index is 2.39. The van der Waals surface area contributed by atoms with Crippen molar-refractivity contribution in [2.45, 2.75) is 11.3 Å². The van der Waals surface area contributed by atoms with Crippen LogP contribution in [0.5, 0.6) is 0 Å². The van der Waals surface area contributed by atoms with Gasteiger partial charge in [-0.15, -0.1) is 11.3 Å². The van der Waals surface area contributed by atoms with Crippen molar-refractivity contribution in [3.05, 3.63) is 24.5 Å². The molecule has 0 spiro atoms. The van der Waals surface area contributed by atoms with Crippen LogP contribution in [0.4, 0.5) is 0 Å². The van der Waals surface area contributed by atoms with Gasteiger partial charge in [0.05, 0.1) is 16.0 Å². The quantitative estimate of drug-likeness (QED) is 0.717. The van der Waals surface area contributed by atoms with Gasteiger partial charge in [0.1, 0.15) is 11.0 Å². The lowest BCUT2D eigenvalue weighted by Gasteiger charge is -1.94. The SMILES string of the molecule is CCS(=O)(=O)c1nc2c(ccc3nccnc32)s1. The summed E-state index contributed by atoms with van der Waals surface area (Å²) in [5.74, 6) is 0.0520. The van der Waals surface area contributed by atoms with Gasteiger partial charge in [0.2, 0.25) is 14.2 Å². The summed E-state index contributed by atoms with van der Waals surface area (Å²) >= 11 is 1.18. The minimum atomic E-state index is -3.27. The maximum atomic E-state index is 11.8. The van der Waals surface area contributed by atoms with Gasteiger partial charge in [-0.25, -0.2) is 13.4 Å². The Labute approximate surface area is 107 Å². The lowest BCUT2D eigenvalue weighted by atomic mass is 10.3. The van der Waals surface area contributed by atoms with Crippen molar-refractivity contribution in [1.82, 2.24) is 15.0 Å². The molecule has 0 atom stereocenters. The lowest BCUT2D eigenvalue weighted by Crippen LogP contribution is -2.02. The molecule has 2 aromatic heterocycles. The molecule has 7 heteroatoms. The van der Waals surface area contributed by atoms with Gasteiger partial charge in [-0.1, -0.05) is 6.92 Å². The number of sulfone groups is 1. The van der Waals surface area contributed by atoms with Crippen molar-refractivity contribution in [3.63, 3.8) is 0 Å². The Morgan fingerprint density at radius 3 is 2.72 bits per heavy atom. The van der Waals surface area contributed by atoms with E-state index in [9.17, 15) is 8.42 Å². The van der Waals surface area contributed by atoms with Crippen molar-refractivity contribution < 1.29 is 8.42 Å². The van der Waals surface area contributed by atoms with Gasteiger partial charge in [-0.05, 0) is 12.1 Å². The number of nitrogens with zero attached hydrogens (tertiary/aromatic N) is 3. The molecule has 0 fully saturated rings. The second kappa shape index (κ2) is 3.96. The highest BCUT2D eigenvalue weighted by Crippen LogP contribution is 2.29. The van der Waals surface area contributed by atoms with E-state index in [4.69, 9.17) is 0 Å². The molecule has 1 aromatic carbocycles. The summed E-state index contributed by atoms with van der Waals surface area (Å²) < 4.78 is 24.6. The third kappa shape index (κ3) is 1.67. The van der Waals surface area contributed by atoms with Crippen LogP contribution in [-0.4, -0.2) is 29.1 Å². The van der Waals surface area contributed by atoms with Crippen LogP contribution < -0.4 is 0 Å². The maximum absolute atomic E-state index is 11.8. The van der Waals surface area contributed by atoms with E-state index >= 15 is 0 Å². The minimum absolute atomic E-state index is 0.0520. The molecule has 0 amide bonds. The van der Waals surface area contributed by atoms with E-state index in [1.54, 1.807) is 19.3 Å². The van der Waals surface area contributed by atoms with Gasteiger partial charge in [0.25, 0.3) is 0 Å². The molecule has 3 aromatic rings.